The molecule has 1 fully saturated rings. The number of hydrogen-bond donors (Lipinski definition) is 2. The van der Waals surface area contributed by atoms with Crippen LogP contribution in [-0.4, -0.2) is 55.5 Å². The van der Waals surface area contributed by atoms with Gasteiger partial charge in [0.25, 0.3) is 0 Å². The van der Waals surface area contributed by atoms with Crippen molar-refractivity contribution in [1.29, 1.82) is 0 Å². The van der Waals surface area contributed by atoms with Crippen molar-refractivity contribution in [1.82, 2.24) is 10.2 Å². The molecule has 160 valence electrons. The van der Waals surface area contributed by atoms with Crippen molar-refractivity contribution < 1.29 is 9.59 Å². The Balaban J connectivity index is 1.47. The van der Waals surface area contributed by atoms with Crippen LogP contribution in [0.4, 0.5) is 11.4 Å². The van der Waals surface area contributed by atoms with Crippen molar-refractivity contribution in [3.05, 3.63) is 58.6 Å². The maximum absolute atomic E-state index is 12.6. The van der Waals surface area contributed by atoms with Gasteiger partial charge in [-0.25, -0.2) is 0 Å². The molecule has 0 spiro atoms. The van der Waals surface area contributed by atoms with Crippen molar-refractivity contribution in [2.24, 2.45) is 0 Å². The highest BCUT2D eigenvalue weighted by Crippen LogP contribution is 2.26. The first kappa shape index (κ1) is 22.1. The first-order valence-electron chi connectivity index (χ1n) is 10.2. The largest absolute Gasteiger partial charge is 0.368 e. The van der Waals surface area contributed by atoms with Gasteiger partial charge >= 0.3 is 0 Å². The summed E-state index contributed by atoms with van der Waals surface area (Å²) < 4.78 is 0. The van der Waals surface area contributed by atoms with Crippen LogP contribution >= 0.6 is 11.6 Å². The van der Waals surface area contributed by atoms with Crippen LogP contribution in [0.3, 0.4) is 0 Å². The van der Waals surface area contributed by atoms with Gasteiger partial charge in [0.05, 0.1) is 23.3 Å². The lowest BCUT2D eigenvalue weighted by atomic mass is 10.1. The molecule has 1 atom stereocenters. The molecular weight excluding hydrogens is 400 g/mol. The fourth-order valence-electron chi connectivity index (χ4n) is 3.73. The summed E-state index contributed by atoms with van der Waals surface area (Å²) in [6, 6.07) is 13.4. The number of para-hydroxylation sites is 2. The van der Waals surface area contributed by atoms with E-state index in [0.717, 1.165) is 53.7 Å². The minimum atomic E-state index is -0.300. The lowest BCUT2D eigenvalue weighted by Crippen LogP contribution is -2.54. The fourth-order valence-corrected chi connectivity index (χ4v) is 3.99. The van der Waals surface area contributed by atoms with Gasteiger partial charge in [0.15, 0.2) is 0 Å². The van der Waals surface area contributed by atoms with E-state index in [4.69, 9.17) is 11.6 Å². The van der Waals surface area contributed by atoms with Crippen LogP contribution in [0.5, 0.6) is 0 Å². The van der Waals surface area contributed by atoms with E-state index in [-0.39, 0.29) is 24.4 Å². The number of nitrogens with one attached hydrogen (secondary N) is 2. The van der Waals surface area contributed by atoms with Crippen molar-refractivity contribution >= 4 is 34.8 Å². The molecule has 2 N–H and O–H groups in total. The van der Waals surface area contributed by atoms with Gasteiger partial charge in [0.1, 0.15) is 0 Å². The quantitative estimate of drug-likeness (QED) is 0.741. The van der Waals surface area contributed by atoms with Crippen LogP contribution in [0.2, 0.25) is 5.02 Å². The molecule has 0 saturated carbocycles. The van der Waals surface area contributed by atoms with E-state index in [2.05, 4.69) is 20.4 Å². The molecule has 6 nitrogen and oxygen atoms in total. The molecule has 30 heavy (non-hydrogen) atoms. The van der Waals surface area contributed by atoms with Crippen molar-refractivity contribution in [2.45, 2.75) is 26.8 Å². The molecule has 1 aliphatic rings. The summed E-state index contributed by atoms with van der Waals surface area (Å²) in [6.45, 7) is 8.85. The molecule has 2 aromatic carbocycles. The number of carbonyl (C=O) groups is 2. The molecule has 0 radical (unpaired) electrons. The Morgan fingerprint density at radius 3 is 2.27 bits per heavy atom. The molecule has 7 heteroatoms. The highest BCUT2D eigenvalue weighted by atomic mass is 35.5. The number of rotatable bonds is 6. The maximum atomic E-state index is 12.6. The van der Waals surface area contributed by atoms with E-state index < -0.39 is 0 Å². The number of aryl methyl sites for hydroxylation is 2. The smallest absolute Gasteiger partial charge is 0.243 e. The van der Waals surface area contributed by atoms with Gasteiger partial charge in [-0.1, -0.05) is 41.9 Å². The van der Waals surface area contributed by atoms with E-state index in [0.29, 0.717) is 0 Å². The van der Waals surface area contributed by atoms with Gasteiger partial charge in [0.2, 0.25) is 11.8 Å². The number of hydrogen-bond acceptors (Lipinski definition) is 4. The van der Waals surface area contributed by atoms with Crippen LogP contribution < -0.4 is 15.5 Å². The average molecular weight is 429 g/mol. The van der Waals surface area contributed by atoms with E-state index in [1.807, 2.05) is 63.2 Å². The Morgan fingerprint density at radius 2 is 1.63 bits per heavy atom. The summed E-state index contributed by atoms with van der Waals surface area (Å²) in [5, 5.41) is 6.40. The monoisotopic (exact) mass is 428 g/mol. The summed E-state index contributed by atoms with van der Waals surface area (Å²) in [6.07, 6.45) is 0. The second-order valence-electron chi connectivity index (χ2n) is 7.68. The summed E-state index contributed by atoms with van der Waals surface area (Å²) in [5.74, 6) is -0.366. The van der Waals surface area contributed by atoms with Gasteiger partial charge in [-0.15, -0.1) is 0 Å². The minimum absolute atomic E-state index is 0.0451. The van der Waals surface area contributed by atoms with E-state index >= 15 is 0 Å². The zero-order valence-electron chi connectivity index (χ0n) is 17.7. The van der Waals surface area contributed by atoms with E-state index in [1.54, 1.807) is 0 Å². The van der Waals surface area contributed by atoms with E-state index in [1.165, 1.54) is 0 Å². The van der Waals surface area contributed by atoms with Crippen molar-refractivity contribution in [3.8, 4) is 0 Å². The normalized spacial score (nSPS) is 15.5. The SMILES string of the molecule is Cc1cccc(C)c1NC(=O)CNC(=O)C(C)N1CCN(c2ccccc2Cl)CC1. The number of piperazine rings is 1. The van der Waals surface area contributed by atoms with E-state index in [9.17, 15) is 9.59 Å². The third-order valence-corrected chi connectivity index (χ3v) is 5.92. The standard InChI is InChI=1S/C23H29ClN4O2/c1-16-7-6-8-17(2)22(16)26-21(29)15-25-23(30)18(3)27-11-13-28(14-12-27)20-10-5-4-9-19(20)24/h4-10,18H,11-15H2,1-3H3,(H,25,30)(H,26,29). The van der Waals surface area contributed by atoms with Crippen molar-refractivity contribution in [2.75, 3.05) is 42.9 Å². The predicted octanol–water partition coefficient (Wildman–Crippen LogP) is 3.22. The van der Waals surface area contributed by atoms with Gasteiger partial charge in [-0.05, 0) is 44.0 Å². The topological polar surface area (TPSA) is 64.7 Å². The highest BCUT2D eigenvalue weighted by molar-refractivity contribution is 6.33. The average Bonchev–Trinajstić information content (AvgIpc) is 2.75. The number of halogens is 1. The number of benzene rings is 2. The minimum Gasteiger partial charge on any atom is -0.368 e. The maximum Gasteiger partial charge on any atom is 0.243 e. The second-order valence-corrected chi connectivity index (χ2v) is 8.09. The molecule has 1 heterocycles. The summed E-state index contributed by atoms with van der Waals surface area (Å²) in [7, 11) is 0. The van der Waals surface area contributed by atoms with Crippen LogP contribution in [0.15, 0.2) is 42.5 Å². The zero-order chi connectivity index (χ0) is 21.7. The van der Waals surface area contributed by atoms with Crippen LogP contribution in [-0.2, 0) is 9.59 Å². The molecule has 1 aliphatic heterocycles. The lowest BCUT2D eigenvalue weighted by molar-refractivity contribution is -0.128. The highest BCUT2D eigenvalue weighted by Gasteiger charge is 2.26. The first-order valence-corrected chi connectivity index (χ1v) is 10.6. The molecule has 0 aromatic heterocycles. The second kappa shape index (κ2) is 9.96. The number of anilines is 2. The molecule has 2 amide bonds. The van der Waals surface area contributed by atoms with Gasteiger partial charge in [0, 0.05) is 31.9 Å². The molecule has 1 saturated heterocycles. The van der Waals surface area contributed by atoms with Crippen LogP contribution in [0.25, 0.3) is 0 Å². The van der Waals surface area contributed by atoms with Crippen LogP contribution in [0, 0.1) is 13.8 Å². The number of carbonyl (C=O) groups excluding carboxylic acids is 2. The molecule has 0 bridgehead atoms. The summed E-state index contributed by atoms with van der Waals surface area (Å²) >= 11 is 6.30. The third kappa shape index (κ3) is 5.32. The van der Waals surface area contributed by atoms with Gasteiger partial charge in [-0.3, -0.25) is 14.5 Å². The zero-order valence-corrected chi connectivity index (χ0v) is 18.5. The fraction of sp³-hybridized carbons (Fsp3) is 0.391. The summed E-state index contributed by atoms with van der Waals surface area (Å²) in [5.41, 5.74) is 3.83. The van der Waals surface area contributed by atoms with Crippen molar-refractivity contribution in [3.63, 3.8) is 0 Å². The Kier molecular flexibility index (Phi) is 7.34. The third-order valence-electron chi connectivity index (χ3n) is 5.60. The van der Waals surface area contributed by atoms with Gasteiger partial charge < -0.3 is 15.5 Å². The molecule has 0 aliphatic carbocycles. The Bertz CT molecular complexity index is 890. The van der Waals surface area contributed by atoms with Crippen LogP contribution in [0.1, 0.15) is 18.1 Å². The molecule has 3 rings (SSSR count). The van der Waals surface area contributed by atoms with Gasteiger partial charge in [-0.2, -0.15) is 0 Å². The Labute approximate surface area is 183 Å². The number of nitrogens with zero attached hydrogens (tertiary/aromatic N) is 2. The summed E-state index contributed by atoms with van der Waals surface area (Å²) in [4.78, 5) is 29.2. The predicted molar refractivity (Wildman–Crippen MR) is 122 cm³/mol. The Morgan fingerprint density at radius 1 is 1.00 bits per heavy atom. The molecular formula is C23H29ClN4O2. The number of amides is 2. The first-order chi connectivity index (χ1) is 14.4. The molecule has 2 aromatic rings. The molecule has 1 unspecified atom stereocenters. The lowest BCUT2D eigenvalue weighted by Gasteiger charge is -2.38. The Hall–Kier alpha value is -2.57.